The zero-order valence-corrected chi connectivity index (χ0v) is 9.23. The Balaban J connectivity index is 3.91. The van der Waals surface area contributed by atoms with Crippen LogP contribution in [0.5, 0.6) is 0 Å². The molecule has 0 amide bonds. The van der Waals surface area contributed by atoms with Crippen molar-refractivity contribution in [1.29, 1.82) is 0 Å². The topological polar surface area (TPSA) is 75.6 Å². The van der Waals surface area contributed by atoms with Gasteiger partial charge in [-0.15, -0.1) is 0 Å². The highest BCUT2D eigenvalue weighted by Gasteiger charge is 2.16. The van der Waals surface area contributed by atoms with E-state index in [-0.39, 0.29) is 6.23 Å². The van der Waals surface area contributed by atoms with Crippen molar-refractivity contribution in [2.45, 2.75) is 45.4 Å². The summed E-state index contributed by atoms with van der Waals surface area (Å²) in [4.78, 5) is 20.7. The van der Waals surface area contributed by atoms with Gasteiger partial charge in [0.25, 0.3) is 0 Å². The lowest BCUT2D eigenvalue weighted by atomic mass is 10.2. The molecule has 0 aliphatic carbocycles. The fraction of sp³-hybridized carbons (Fsp3) is 0.800. The Hall–Kier alpha value is -0.940. The van der Waals surface area contributed by atoms with Crippen LogP contribution in [0.3, 0.4) is 0 Å². The summed E-state index contributed by atoms with van der Waals surface area (Å²) < 4.78 is 5.32. The number of aliphatic carboxylic acids is 1. The Kier molecular flexibility index (Phi) is 7.85. The van der Waals surface area contributed by atoms with E-state index in [0.29, 0.717) is 25.9 Å². The fourth-order valence-electron chi connectivity index (χ4n) is 1.15. The van der Waals surface area contributed by atoms with E-state index < -0.39 is 12.0 Å². The van der Waals surface area contributed by atoms with Crippen molar-refractivity contribution in [2.75, 3.05) is 6.61 Å². The van der Waals surface area contributed by atoms with E-state index in [1.54, 1.807) is 6.92 Å². The minimum absolute atomic E-state index is 0.291. The van der Waals surface area contributed by atoms with Crippen LogP contribution in [0.2, 0.25) is 0 Å². The van der Waals surface area contributed by atoms with Crippen LogP contribution in [0, 0.1) is 0 Å². The highest BCUT2D eigenvalue weighted by molar-refractivity contribution is 5.72. The molecule has 0 rings (SSSR count). The minimum atomic E-state index is -0.907. The second-order valence-corrected chi connectivity index (χ2v) is 3.27. The molecule has 0 bridgehead atoms. The molecule has 0 spiro atoms. The van der Waals surface area contributed by atoms with Gasteiger partial charge in [-0.3, -0.25) is 10.1 Å². The van der Waals surface area contributed by atoms with Crippen molar-refractivity contribution in [3.05, 3.63) is 0 Å². The summed E-state index contributed by atoms with van der Waals surface area (Å²) in [5.41, 5.74) is 0. The zero-order valence-electron chi connectivity index (χ0n) is 9.23. The van der Waals surface area contributed by atoms with Crippen molar-refractivity contribution < 1.29 is 19.4 Å². The van der Waals surface area contributed by atoms with Gasteiger partial charge in [0, 0.05) is 13.0 Å². The molecule has 5 heteroatoms. The van der Waals surface area contributed by atoms with E-state index in [1.807, 2.05) is 6.92 Å². The molecule has 0 radical (unpaired) electrons. The molecular weight excluding hydrogens is 198 g/mol. The van der Waals surface area contributed by atoms with E-state index in [9.17, 15) is 9.59 Å². The molecule has 15 heavy (non-hydrogen) atoms. The van der Waals surface area contributed by atoms with Crippen LogP contribution < -0.4 is 5.32 Å². The molecule has 0 aromatic carbocycles. The third kappa shape index (κ3) is 7.04. The van der Waals surface area contributed by atoms with Crippen molar-refractivity contribution >= 4 is 12.3 Å². The predicted molar refractivity (Wildman–Crippen MR) is 55.6 cm³/mol. The molecule has 0 aromatic rings. The highest BCUT2D eigenvalue weighted by atomic mass is 16.5. The molecule has 0 saturated carbocycles. The van der Waals surface area contributed by atoms with Crippen molar-refractivity contribution in [3.63, 3.8) is 0 Å². The van der Waals surface area contributed by atoms with Gasteiger partial charge in [-0.2, -0.15) is 0 Å². The molecule has 0 aliphatic rings. The lowest BCUT2D eigenvalue weighted by molar-refractivity contribution is -0.140. The summed E-state index contributed by atoms with van der Waals surface area (Å²) in [6.07, 6.45) is 2.38. The van der Waals surface area contributed by atoms with Gasteiger partial charge in [0.2, 0.25) is 0 Å². The smallest absolute Gasteiger partial charge is 0.320 e. The number of aldehydes is 1. The third-order valence-electron chi connectivity index (χ3n) is 1.96. The van der Waals surface area contributed by atoms with E-state index in [1.165, 1.54) is 0 Å². The number of carboxylic acids is 1. The highest BCUT2D eigenvalue weighted by Crippen LogP contribution is 2.02. The maximum Gasteiger partial charge on any atom is 0.320 e. The standard InChI is InChI=1S/C10H19NO4/c1-3-15-9(6-4-5-7-12)11-8(2)10(13)14/h7-9,11H,3-6H2,1-2H3,(H,13,14)/t8-,9?/m0/s1. The van der Waals surface area contributed by atoms with Crippen LogP contribution in [-0.2, 0) is 14.3 Å². The predicted octanol–water partition coefficient (Wildman–Crippen LogP) is 0.781. The quantitative estimate of drug-likeness (QED) is 0.339. The van der Waals surface area contributed by atoms with Gasteiger partial charge < -0.3 is 14.6 Å². The van der Waals surface area contributed by atoms with E-state index in [2.05, 4.69) is 5.32 Å². The molecule has 88 valence electrons. The Labute approximate surface area is 89.8 Å². The third-order valence-corrected chi connectivity index (χ3v) is 1.96. The number of nitrogens with one attached hydrogen (secondary N) is 1. The number of carboxylic acid groups (broad SMARTS) is 1. The van der Waals surface area contributed by atoms with Gasteiger partial charge in [0.1, 0.15) is 18.6 Å². The van der Waals surface area contributed by atoms with Crippen molar-refractivity contribution in [3.8, 4) is 0 Å². The van der Waals surface area contributed by atoms with Crippen LogP contribution in [0.4, 0.5) is 0 Å². The molecular formula is C10H19NO4. The van der Waals surface area contributed by atoms with Gasteiger partial charge >= 0.3 is 5.97 Å². The maximum absolute atomic E-state index is 10.6. The SMILES string of the molecule is CCOC(CCCC=O)N[C@@H](C)C(=O)O. The van der Waals surface area contributed by atoms with Crippen LogP contribution in [0.1, 0.15) is 33.1 Å². The second kappa shape index (κ2) is 8.38. The van der Waals surface area contributed by atoms with Crippen LogP contribution >= 0.6 is 0 Å². The zero-order chi connectivity index (χ0) is 11.7. The Bertz CT molecular complexity index is 196. The molecule has 2 N–H and O–H groups in total. The first-order valence-electron chi connectivity index (χ1n) is 5.15. The summed E-state index contributed by atoms with van der Waals surface area (Å²) in [5, 5.41) is 11.5. The van der Waals surface area contributed by atoms with Crippen LogP contribution in [0.15, 0.2) is 0 Å². The summed E-state index contributed by atoms with van der Waals surface area (Å²) in [7, 11) is 0. The summed E-state index contributed by atoms with van der Waals surface area (Å²) >= 11 is 0. The van der Waals surface area contributed by atoms with Gasteiger partial charge in [-0.1, -0.05) is 0 Å². The lowest BCUT2D eigenvalue weighted by Gasteiger charge is -2.20. The molecule has 0 aromatic heterocycles. The minimum Gasteiger partial charge on any atom is -0.480 e. The molecule has 0 heterocycles. The molecule has 5 nitrogen and oxygen atoms in total. The number of hydrogen-bond acceptors (Lipinski definition) is 4. The van der Waals surface area contributed by atoms with E-state index >= 15 is 0 Å². The normalized spacial score (nSPS) is 14.5. The fourth-order valence-corrected chi connectivity index (χ4v) is 1.15. The number of ether oxygens (including phenoxy) is 1. The number of rotatable bonds is 9. The summed E-state index contributed by atoms with van der Waals surface area (Å²) in [5.74, 6) is -0.907. The molecule has 2 atom stereocenters. The van der Waals surface area contributed by atoms with Crippen molar-refractivity contribution in [2.24, 2.45) is 0 Å². The van der Waals surface area contributed by atoms with Gasteiger partial charge in [0.05, 0.1) is 0 Å². The molecule has 0 fully saturated rings. The molecule has 0 aliphatic heterocycles. The average molecular weight is 217 g/mol. The first-order valence-corrected chi connectivity index (χ1v) is 5.15. The Morgan fingerprint density at radius 2 is 2.27 bits per heavy atom. The van der Waals surface area contributed by atoms with Crippen LogP contribution in [0.25, 0.3) is 0 Å². The summed E-state index contributed by atoms with van der Waals surface area (Å²) in [6, 6.07) is -0.641. The van der Waals surface area contributed by atoms with Gasteiger partial charge in [-0.25, -0.2) is 0 Å². The monoisotopic (exact) mass is 217 g/mol. The van der Waals surface area contributed by atoms with Gasteiger partial charge in [0.15, 0.2) is 0 Å². The lowest BCUT2D eigenvalue weighted by Crippen LogP contribution is -2.42. The number of carbonyl (C=O) groups excluding carboxylic acids is 1. The number of carbonyl (C=O) groups is 2. The first-order chi connectivity index (χ1) is 7.11. The van der Waals surface area contributed by atoms with E-state index in [0.717, 1.165) is 6.29 Å². The molecule has 0 saturated heterocycles. The summed E-state index contributed by atoms with van der Waals surface area (Å²) in [6.45, 7) is 3.93. The first kappa shape index (κ1) is 14.1. The Morgan fingerprint density at radius 1 is 1.60 bits per heavy atom. The number of unbranched alkanes of at least 4 members (excludes halogenated alkanes) is 1. The molecule has 1 unspecified atom stereocenters. The average Bonchev–Trinajstić information content (AvgIpc) is 2.18. The number of hydrogen-bond donors (Lipinski definition) is 2. The largest absolute Gasteiger partial charge is 0.480 e. The van der Waals surface area contributed by atoms with E-state index in [4.69, 9.17) is 9.84 Å². The maximum atomic E-state index is 10.6. The van der Waals surface area contributed by atoms with Crippen LogP contribution in [-0.4, -0.2) is 36.2 Å². The van der Waals surface area contributed by atoms with Gasteiger partial charge in [-0.05, 0) is 26.7 Å². The Morgan fingerprint density at radius 3 is 2.73 bits per heavy atom. The van der Waals surface area contributed by atoms with Crippen molar-refractivity contribution in [1.82, 2.24) is 5.32 Å². The second-order valence-electron chi connectivity index (χ2n) is 3.27.